The minimum Gasteiger partial charge on any atom is -0.341 e. The van der Waals surface area contributed by atoms with Crippen LogP contribution in [0, 0.1) is 6.92 Å². The molecule has 0 saturated carbocycles. The Hall–Kier alpha value is -3.73. The maximum atomic E-state index is 13.0. The smallest absolute Gasteiger partial charge is 0.193 e. The summed E-state index contributed by atoms with van der Waals surface area (Å²) in [6.45, 7) is 3.27. The molecule has 5 nitrogen and oxygen atoms in total. The first-order chi connectivity index (χ1) is 14.0. The van der Waals surface area contributed by atoms with E-state index in [4.69, 9.17) is 0 Å². The lowest BCUT2D eigenvalue weighted by Crippen LogP contribution is -2.16. The molecule has 144 valence electrons. The van der Waals surface area contributed by atoms with Crippen molar-refractivity contribution in [1.82, 2.24) is 9.55 Å². The highest BCUT2D eigenvalue weighted by Gasteiger charge is 2.18. The van der Waals surface area contributed by atoms with Gasteiger partial charge in [-0.05, 0) is 43.7 Å². The van der Waals surface area contributed by atoms with Gasteiger partial charge in [-0.2, -0.15) is 0 Å². The topological polar surface area (TPSA) is 64.0 Å². The van der Waals surface area contributed by atoms with Crippen LogP contribution in [0.15, 0.2) is 77.6 Å². The predicted octanol–water partition coefficient (Wildman–Crippen LogP) is 5.01. The lowest BCUT2D eigenvalue weighted by atomic mass is 10.1. The zero-order chi connectivity index (χ0) is 20.4. The minimum atomic E-state index is -0.235. The maximum absolute atomic E-state index is 13.0. The molecule has 0 aliphatic heterocycles. The molecule has 4 rings (SSSR count). The normalized spacial score (nSPS) is 13.2. The molecular formula is C24H21N3O2. The van der Waals surface area contributed by atoms with Gasteiger partial charge in [0, 0.05) is 30.1 Å². The number of carbonyl (C=O) groups is 1. The van der Waals surface area contributed by atoms with Gasteiger partial charge in [0.25, 0.3) is 0 Å². The van der Waals surface area contributed by atoms with Crippen LogP contribution in [0.25, 0.3) is 16.6 Å². The molecule has 0 radical (unpaired) electrons. The molecule has 0 fully saturated rings. The zero-order valence-electron chi connectivity index (χ0n) is 16.3. The van der Waals surface area contributed by atoms with Crippen LogP contribution in [0.1, 0.15) is 29.5 Å². The fourth-order valence-corrected chi connectivity index (χ4v) is 3.48. The Kier molecular flexibility index (Phi) is 4.96. The van der Waals surface area contributed by atoms with Crippen molar-refractivity contribution in [3.63, 3.8) is 0 Å². The first-order valence-corrected chi connectivity index (χ1v) is 9.49. The Morgan fingerprint density at radius 1 is 1.14 bits per heavy atom. The Morgan fingerprint density at radius 2 is 1.93 bits per heavy atom. The number of ketones is 1. The number of nitrogens with one attached hydrogen (secondary N) is 1. The van der Waals surface area contributed by atoms with Crippen LogP contribution < -0.4 is 10.7 Å². The first-order valence-electron chi connectivity index (χ1n) is 9.49. The number of hydrogen-bond donors (Lipinski definition) is 1. The number of pyridine rings is 2. The quantitative estimate of drug-likeness (QED) is 0.644. The fraction of sp³-hybridized carbons (Fsp3) is 0.125. The highest BCUT2D eigenvalue weighted by molar-refractivity contribution is 6.05. The Bertz CT molecular complexity index is 1250. The van der Waals surface area contributed by atoms with Gasteiger partial charge >= 0.3 is 0 Å². The van der Waals surface area contributed by atoms with Crippen LogP contribution in [0.4, 0.5) is 11.5 Å². The van der Waals surface area contributed by atoms with Crippen LogP contribution >= 0.6 is 0 Å². The van der Waals surface area contributed by atoms with E-state index in [2.05, 4.69) is 22.5 Å². The van der Waals surface area contributed by atoms with E-state index in [9.17, 15) is 9.59 Å². The predicted molar refractivity (Wildman–Crippen MR) is 118 cm³/mol. The largest absolute Gasteiger partial charge is 0.341 e. The number of fused-ring (bicyclic) bond motifs is 1. The maximum Gasteiger partial charge on any atom is 0.193 e. The molecule has 29 heavy (non-hydrogen) atoms. The highest BCUT2D eigenvalue weighted by atomic mass is 16.1. The molecule has 3 aromatic rings. The molecule has 0 atom stereocenters. The number of allylic oxidation sites excluding steroid dienone is 6. The SMILES string of the molecule is CC(=O)c1nc(C)cc2c1c(=O)cc(Nc1ccccc1)n2C1=CC=CCC=C1. The van der Waals surface area contributed by atoms with Crippen LogP contribution in [0.2, 0.25) is 0 Å². The molecule has 2 heterocycles. The summed E-state index contributed by atoms with van der Waals surface area (Å²) in [6, 6.07) is 13.1. The van der Waals surface area contributed by atoms with E-state index in [-0.39, 0.29) is 16.9 Å². The number of aryl methyl sites for hydroxylation is 1. The van der Waals surface area contributed by atoms with Gasteiger partial charge < -0.3 is 5.32 Å². The van der Waals surface area contributed by atoms with Crippen LogP contribution in [0.5, 0.6) is 0 Å². The number of rotatable bonds is 4. The molecular weight excluding hydrogens is 362 g/mol. The van der Waals surface area contributed by atoms with Gasteiger partial charge in [0.05, 0.1) is 10.9 Å². The van der Waals surface area contributed by atoms with Crippen molar-refractivity contribution in [3.05, 3.63) is 94.5 Å². The summed E-state index contributed by atoms with van der Waals surface area (Å²) in [5, 5.41) is 3.69. The van der Waals surface area contributed by atoms with E-state index in [0.29, 0.717) is 22.4 Å². The van der Waals surface area contributed by atoms with Gasteiger partial charge in [0.2, 0.25) is 0 Å². The second-order valence-corrected chi connectivity index (χ2v) is 6.94. The molecule has 0 saturated heterocycles. The number of aromatic nitrogens is 2. The van der Waals surface area contributed by atoms with Gasteiger partial charge in [-0.25, -0.2) is 4.98 Å². The summed E-state index contributed by atoms with van der Waals surface area (Å²) < 4.78 is 1.97. The van der Waals surface area contributed by atoms with Gasteiger partial charge in [0.1, 0.15) is 11.5 Å². The minimum absolute atomic E-state index is 0.207. The van der Waals surface area contributed by atoms with E-state index in [1.54, 1.807) is 0 Å². The highest BCUT2D eigenvalue weighted by Crippen LogP contribution is 2.28. The Morgan fingerprint density at radius 3 is 2.69 bits per heavy atom. The second-order valence-electron chi connectivity index (χ2n) is 6.94. The van der Waals surface area contributed by atoms with Crippen molar-refractivity contribution >= 4 is 33.9 Å². The van der Waals surface area contributed by atoms with Crippen molar-refractivity contribution < 1.29 is 4.79 Å². The van der Waals surface area contributed by atoms with E-state index in [1.807, 2.05) is 66.1 Å². The summed E-state index contributed by atoms with van der Waals surface area (Å²) in [7, 11) is 0. The second kappa shape index (κ2) is 7.72. The molecule has 0 unspecified atom stereocenters. The third-order valence-corrected chi connectivity index (χ3v) is 4.72. The number of anilines is 2. The van der Waals surface area contributed by atoms with Gasteiger partial charge in [-0.3, -0.25) is 14.2 Å². The molecule has 1 aliphatic carbocycles. The van der Waals surface area contributed by atoms with Gasteiger partial charge in [-0.1, -0.05) is 36.4 Å². The summed E-state index contributed by atoms with van der Waals surface area (Å²) >= 11 is 0. The lowest BCUT2D eigenvalue weighted by molar-refractivity contribution is 0.101. The van der Waals surface area contributed by atoms with E-state index in [1.165, 1.54) is 13.0 Å². The first kappa shape index (κ1) is 18.6. The van der Waals surface area contributed by atoms with Crippen molar-refractivity contribution in [3.8, 4) is 0 Å². The van der Waals surface area contributed by atoms with Crippen molar-refractivity contribution in [2.75, 3.05) is 5.32 Å². The third kappa shape index (κ3) is 3.67. The number of benzene rings is 1. The summed E-state index contributed by atoms with van der Waals surface area (Å²) in [5.74, 6) is 0.399. The molecule has 1 aromatic carbocycles. The number of Topliss-reactive ketones (excluding diaryl/α,β-unsaturated/α-hetero) is 1. The monoisotopic (exact) mass is 383 g/mol. The fourth-order valence-electron chi connectivity index (χ4n) is 3.48. The van der Waals surface area contributed by atoms with Crippen LogP contribution in [-0.4, -0.2) is 15.3 Å². The Balaban J connectivity index is 2.08. The van der Waals surface area contributed by atoms with Crippen molar-refractivity contribution in [1.29, 1.82) is 0 Å². The summed E-state index contributed by atoms with van der Waals surface area (Å²) in [5.41, 5.74) is 3.06. The van der Waals surface area contributed by atoms with E-state index >= 15 is 0 Å². The van der Waals surface area contributed by atoms with E-state index < -0.39 is 0 Å². The molecule has 2 aromatic heterocycles. The summed E-state index contributed by atoms with van der Waals surface area (Å²) in [6.07, 6.45) is 11.0. The molecule has 0 spiro atoms. The third-order valence-electron chi connectivity index (χ3n) is 4.72. The average Bonchev–Trinajstić information content (AvgIpc) is 2.97. The van der Waals surface area contributed by atoms with Crippen LogP contribution in [0.3, 0.4) is 0 Å². The Labute approximate surface area is 168 Å². The van der Waals surface area contributed by atoms with Crippen LogP contribution in [-0.2, 0) is 0 Å². The molecule has 0 bridgehead atoms. The summed E-state index contributed by atoms with van der Waals surface area (Å²) in [4.78, 5) is 29.6. The number of nitrogens with zero attached hydrogens (tertiary/aromatic N) is 2. The zero-order valence-corrected chi connectivity index (χ0v) is 16.3. The molecule has 5 heteroatoms. The molecule has 0 amide bonds. The number of para-hydroxylation sites is 1. The van der Waals surface area contributed by atoms with E-state index in [0.717, 1.165) is 17.8 Å². The molecule has 1 N–H and O–H groups in total. The van der Waals surface area contributed by atoms with Gasteiger partial charge in [0.15, 0.2) is 11.2 Å². The average molecular weight is 383 g/mol. The van der Waals surface area contributed by atoms with Crippen molar-refractivity contribution in [2.24, 2.45) is 0 Å². The number of carbonyl (C=O) groups excluding carboxylic acids is 1. The lowest BCUT2D eigenvalue weighted by Gasteiger charge is -2.20. The van der Waals surface area contributed by atoms with Crippen molar-refractivity contribution in [2.45, 2.75) is 20.3 Å². The standard InChI is InChI=1S/C24H21N3O2/c1-16-14-20-23(24(25-16)17(2)28)21(29)15-22(26-18-10-6-5-7-11-18)27(20)19-12-8-3-4-9-13-19/h3,5-15,26H,4H2,1-2H3. The molecule has 1 aliphatic rings. The number of hydrogen-bond acceptors (Lipinski definition) is 4. The van der Waals surface area contributed by atoms with Gasteiger partial charge in [-0.15, -0.1) is 0 Å².